The second kappa shape index (κ2) is 9.07. The molecule has 0 atom stereocenters. The van der Waals surface area contributed by atoms with Gasteiger partial charge in [0, 0.05) is 31.4 Å². The molecule has 2 aliphatic heterocycles. The Labute approximate surface area is 181 Å². The van der Waals surface area contributed by atoms with Gasteiger partial charge in [0.2, 0.25) is 15.9 Å². The van der Waals surface area contributed by atoms with Gasteiger partial charge in [0.05, 0.1) is 30.3 Å². The summed E-state index contributed by atoms with van der Waals surface area (Å²) < 4.78 is 45.1. The first kappa shape index (κ1) is 21.3. The number of carbonyl (C=O) groups is 1. The van der Waals surface area contributed by atoms with Gasteiger partial charge in [0.25, 0.3) is 0 Å². The molecule has 0 saturated carbocycles. The summed E-state index contributed by atoms with van der Waals surface area (Å²) in [6, 6.07) is 11.6. The number of carbonyl (C=O) groups excluding carboxylic acids is 1. The Hall–Kier alpha value is -2.91. The van der Waals surface area contributed by atoms with Gasteiger partial charge in [-0.25, -0.2) is 12.8 Å². The van der Waals surface area contributed by atoms with Crippen LogP contribution in [0.2, 0.25) is 0 Å². The first-order chi connectivity index (χ1) is 14.9. The lowest BCUT2D eigenvalue weighted by Gasteiger charge is -2.29. The molecule has 0 spiro atoms. The molecule has 1 N–H and O–H groups in total. The SMILES string of the molecule is O=C(/C=C/c1ccc(N2CCCS2(=O)=O)cc1)Nc1ccc(N2CCOCC2)c(F)c1. The van der Waals surface area contributed by atoms with Gasteiger partial charge in [0.15, 0.2) is 0 Å². The minimum absolute atomic E-state index is 0.169. The van der Waals surface area contributed by atoms with E-state index in [1.165, 1.54) is 16.4 Å². The van der Waals surface area contributed by atoms with Gasteiger partial charge in [0.1, 0.15) is 5.82 Å². The van der Waals surface area contributed by atoms with Crippen LogP contribution in [0.3, 0.4) is 0 Å². The molecular formula is C22H24FN3O4S. The van der Waals surface area contributed by atoms with Crippen molar-refractivity contribution in [1.82, 2.24) is 0 Å². The Bertz CT molecular complexity index is 1080. The fraction of sp³-hybridized carbons (Fsp3) is 0.318. The number of halogens is 1. The second-order valence-electron chi connectivity index (χ2n) is 7.42. The van der Waals surface area contributed by atoms with Crippen LogP contribution < -0.4 is 14.5 Å². The van der Waals surface area contributed by atoms with Crippen LogP contribution in [0.15, 0.2) is 48.5 Å². The van der Waals surface area contributed by atoms with Crippen molar-refractivity contribution in [2.45, 2.75) is 6.42 Å². The van der Waals surface area contributed by atoms with Gasteiger partial charge < -0.3 is 15.0 Å². The van der Waals surface area contributed by atoms with Crippen molar-refractivity contribution in [3.8, 4) is 0 Å². The number of nitrogens with zero attached hydrogens (tertiary/aromatic N) is 2. The lowest BCUT2D eigenvalue weighted by Crippen LogP contribution is -2.36. The molecule has 9 heteroatoms. The van der Waals surface area contributed by atoms with Crippen LogP contribution in [0.25, 0.3) is 6.08 Å². The zero-order valence-corrected chi connectivity index (χ0v) is 17.8. The maximum atomic E-state index is 14.5. The minimum atomic E-state index is -3.22. The summed E-state index contributed by atoms with van der Waals surface area (Å²) >= 11 is 0. The molecule has 4 rings (SSSR count). The molecule has 0 bridgehead atoms. The molecule has 2 fully saturated rings. The zero-order valence-electron chi connectivity index (χ0n) is 17.0. The number of ether oxygens (including phenoxy) is 1. The number of hydrogen-bond donors (Lipinski definition) is 1. The maximum absolute atomic E-state index is 14.5. The monoisotopic (exact) mass is 445 g/mol. The first-order valence-electron chi connectivity index (χ1n) is 10.1. The Morgan fingerprint density at radius 2 is 1.81 bits per heavy atom. The molecule has 2 aromatic rings. The lowest BCUT2D eigenvalue weighted by molar-refractivity contribution is -0.111. The minimum Gasteiger partial charge on any atom is -0.378 e. The molecule has 2 aromatic carbocycles. The quantitative estimate of drug-likeness (QED) is 0.716. The first-order valence-corrected chi connectivity index (χ1v) is 11.8. The molecule has 0 unspecified atom stereocenters. The lowest BCUT2D eigenvalue weighted by atomic mass is 10.2. The molecule has 0 aliphatic carbocycles. The van der Waals surface area contributed by atoms with E-state index in [1.807, 2.05) is 4.90 Å². The summed E-state index contributed by atoms with van der Waals surface area (Å²) in [4.78, 5) is 14.1. The molecule has 31 heavy (non-hydrogen) atoms. The number of morpholine rings is 1. The Balaban J connectivity index is 1.36. The van der Waals surface area contributed by atoms with Crippen LogP contribution in [0.5, 0.6) is 0 Å². The summed E-state index contributed by atoms with van der Waals surface area (Å²) in [6.45, 7) is 2.89. The zero-order chi connectivity index (χ0) is 21.8. The van der Waals surface area contributed by atoms with E-state index < -0.39 is 15.8 Å². The number of amides is 1. The third kappa shape index (κ3) is 5.05. The smallest absolute Gasteiger partial charge is 0.248 e. The van der Waals surface area contributed by atoms with Crippen molar-refractivity contribution < 1.29 is 22.3 Å². The topological polar surface area (TPSA) is 79.0 Å². The molecule has 0 aromatic heterocycles. The van der Waals surface area contributed by atoms with E-state index in [1.54, 1.807) is 42.5 Å². The fourth-order valence-electron chi connectivity index (χ4n) is 3.68. The number of anilines is 3. The van der Waals surface area contributed by atoms with Crippen molar-refractivity contribution in [1.29, 1.82) is 0 Å². The van der Waals surface area contributed by atoms with Crippen molar-refractivity contribution in [3.63, 3.8) is 0 Å². The maximum Gasteiger partial charge on any atom is 0.248 e. The van der Waals surface area contributed by atoms with Gasteiger partial charge in [-0.2, -0.15) is 0 Å². The Kier molecular flexibility index (Phi) is 6.24. The highest BCUT2D eigenvalue weighted by molar-refractivity contribution is 7.93. The summed E-state index contributed by atoms with van der Waals surface area (Å²) in [5.41, 5.74) is 2.25. The summed E-state index contributed by atoms with van der Waals surface area (Å²) in [7, 11) is -3.22. The summed E-state index contributed by atoms with van der Waals surface area (Å²) in [5, 5.41) is 2.65. The third-order valence-electron chi connectivity index (χ3n) is 5.27. The summed E-state index contributed by atoms with van der Waals surface area (Å²) in [6.07, 6.45) is 3.60. The molecule has 164 valence electrons. The van der Waals surface area contributed by atoms with E-state index >= 15 is 0 Å². The van der Waals surface area contributed by atoms with Crippen LogP contribution in [0.1, 0.15) is 12.0 Å². The van der Waals surface area contributed by atoms with Crippen molar-refractivity contribution in [3.05, 3.63) is 59.9 Å². The molecule has 0 radical (unpaired) electrons. The highest BCUT2D eigenvalue weighted by Crippen LogP contribution is 2.25. The molecule has 2 heterocycles. The predicted octanol–water partition coefficient (Wildman–Crippen LogP) is 2.85. The van der Waals surface area contributed by atoms with E-state index in [4.69, 9.17) is 4.74 Å². The molecule has 2 saturated heterocycles. The van der Waals surface area contributed by atoms with E-state index in [-0.39, 0.29) is 11.7 Å². The van der Waals surface area contributed by atoms with Gasteiger partial charge in [-0.3, -0.25) is 9.10 Å². The van der Waals surface area contributed by atoms with Crippen LogP contribution in [-0.2, 0) is 19.6 Å². The van der Waals surface area contributed by atoms with Crippen LogP contribution in [-0.4, -0.2) is 52.9 Å². The summed E-state index contributed by atoms with van der Waals surface area (Å²) in [5.74, 6) is -0.607. The number of benzene rings is 2. The molecule has 1 amide bonds. The number of rotatable bonds is 5. The number of nitrogens with one attached hydrogen (secondary N) is 1. The van der Waals surface area contributed by atoms with E-state index in [9.17, 15) is 17.6 Å². The van der Waals surface area contributed by atoms with Gasteiger partial charge in [-0.1, -0.05) is 12.1 Å². The normalized spacial score (nSPS) is 18.5. The van der Waals surface area contributed by atoms with E-state index in [0.717, 1.165) is 5.56 Å². The van der Waals surface area contributed by atoms with Gasteiger partial charge in [-0.15, -0.1) is 0 Å². The highest BCUT2D eigenvalue weighted by Gasteiger charge is 2.28. The van der Waals surface area contributed by atoms with Crippen LogP contribution >= 0.6 is 0 Å². The van der Waals surface area contributed by atoms with Gasteiger partial charge in [-0.05, 0) is 48.4 Å². The average Bonchev–Trinajstić information content (AvgIpc) is 3.12. The Morgan fingerprint density at radius 3 is 2.45 bits per heavy atom. The largest absolute Gasteiger partial charge is 0.378 e. The highest BCUT2D eigenvalue weighted by atomic mass is 32.2. The number of hydrogen-bond acceptors (Lipinski definition) is 5. The standard InChI is InChI=1S/C22H24FN3O4S/c23-20-16-18(5-8-21(20)25-11-13-30-14-12-25)24-22(27)9-4-17-2-6-19(7-3-17)26-10-1-15-31(26,28)29/h2-9,16H,1,10-15H2,(H,24,27)/b9-4+. The third-order valence-corrected chi connectivity index (χ3v) is 7.14. The van der Waals surface area contributed by atoms with Crippen LogP contribution in [0, 0.1) is 5.82 Å². The second-order valence-corrected chi connectivity index (χ2v) is 9.43. The molecular weight excluding hydrogens is 421 g/mol. The van der Waals surface area contributed by atoms with Crippen molar-refractivity contribution in [2.75, 3.05) is 53.1 Å². The van der Waals surface area contributed by atoms with Crippen molar-refractivity contribution >= 4 is 39.1 Å². The number of sulfonamides is 1. The average molecular weight is 446 g/mol. The van der Waals surface area contributed by atoms with Crippen molar-refractivity contribution in [2.24, 2.45) is 0 Å². The van der Waals surface area contributed by atoms with E-state index in [2.05, 4.69) is 5.32 Å². The predicted molar refractivity (Wildman–Crippen MR) is 119 cm³/mol. The molecule has 7 nitrogen and oxygen atoms in total. The van der Waals surface area contributed by atoms with Crippen LogP contribution in [0.4, 0.5) is 21.5 Å². The Morgan fingerprint density at radius 1 is 1.06 bits per heavy atom. The fourth-order valence-corrected chi connectivity index (χ4v) is 5.25. The molecule has 2 aliphatic rings. The van der Waals surface area contributed by atoms with Gasteiger partial charge >= 0.3 is 0 Å². The van der Waals surface area contributed by atoms with E-state index in [0.29, 0.717) is 56.3 Å².